The molecule has 8 nitrogen and oxygen atoms in total. The third-order valence-electron chi connectivity index (χ3n) is 3.71. The minimum absolute atomic E-state index is 0.0578. The number of urea groups is 1. The van der Waals surface area contributed by atoms with Crippen LogP contribution in [0.4, 0.5) is 4.79 Å². The quantitative estimate of drug-likeness (QED) is 0.661. The summed E-state index contributed by atoms with van der Waals surface area (Å²) in [7, 11) is 4.92. The highest BCUT2D eigenvalue weighted by atomic mass is 16.5. The zero-order valence-corrected chi connectivity index (χ0v) is 14.7. The van der Waals surface area contributed by atoms with E-state index < -0.39 is 6.10 Å². The van der Waals surface area contributed by atoms with Gasteiger partial charge in [-0.05, 0) is 30.2 Å². The molecular weight excluding hydrogens is 324 g/mol. The lowest BCUT2D eigenvalue weighted by Gasteiger charge is -2.16. The maximum atomic E-state index is 11.8. The molecule has 0 radical (unpaired) electrons. The van der Waals surface area contributed by atoms with Crippen LogP contribution < -0.4 is 20.1 Å². The van der Waals surface area contributed by atoms with Crippen LogP contribution in [0, 0.1) is 0 Å². The van der Waals surface area contributed by atoms with Crippen molar-refractivity contribution in [3.8, 4) is 11.5 Å². The molecule has 0 aliphatic heterocycles. The molecule has 1 atom stereocenters. The highest BCUT2D eigenvalue weighted by Gasteiger charge is 2.15. The summed E-state index contributed by atoms with van der Waals surface area (Å²) in [6.45, 7) is 0.540. The fourth-order valence-electron chi connectivity index (χ4n) is 2.38. The van der Waals surface area contributed by atoms with Crippen LogP contribution in [0.15, 0.2) is 30.6 Å². The molecular formula is C17H24N4O4. The second-order valence-corrected chi connectivity index (χ2v) is 5.53. The molecule has 0 spiro atoms. The topological polar surface area (TPSA) is 97.6 Å². The lowest BCUT2D eigenvalue weighted by atomic mass is 10.1. The highest BCUT2D eigenvalue weighted by molar-refractivity contribution is 5.73. The fraction of sp³-hybridized carbons (Fsp3) is 0.412. The van der Waals surface area contributed by atoms with Gasteiger partial charge in [0.2, 0.25) is 0 Å². The van der Waals surface area contributed by atoms with Gasteiger partial charge in [0, 0.05) is 31.9 Å². The summed E-state index contributed by atoms with van der Waals surface area (Å²) < 4.78 is 12.1. The molecule has 0 aliphatic carbocycles. The Morgan fingerprint density at radius 3 is 2.76 bits per heavy atom. The first-order valence-corrected chi connectivity index (χ1v) is 7.92. The Labute approximate surface area is 146 Å². The van der Waals surface area contributed by atoms with E-state index in [4.69, 9.17) is 9.47 Å². The van der Waals surface area contributed by atoms with Crippen molar-refractivity contribution < 1.29 is 19.4 Å². The third-order valence-corrected chi connectivity index (χ3v) is 3.71. The smallest absolute Gasteiger partial charge is 0.314 e. The molecule has 0 bridgehead atoms. The van der Waals surface area contributed by atoms with Crippen LogP contribution in [0.25, 0.3) is 0 Å². The zero-order chi connectivity index (χ0) is 18.2. The number of hydrogen-bond donors (Lipinski definition) is 3. The van der Waals surface area contributed by atoms with E-state index in [-0.39, 0.29) is 12.6 Å². The largest absolute Gasteiger partial charge is 0.497 e. The van der Waals surface area contributed by atoms with Gasteiger partial charge in [-0.25, -0.2) is 4.79 Å². The Kier molecular flexibility index (Phi) is 6.64. The van der Waals surface area contributed by atoms with Gasteiger partial charge in [-0.2, -0.15) is 5.10 Å². The van der Waals surface area contributed by atoms with Crippen molar-refractivity contribution in [1.82, 2.24) is 20.4 Å². The lowest BCUT2D eigenvalue weighted by Crippen LogP contribution is -2.38. The van der Waals surface area contributed by atoms with E-state index in [0.717, 1.165) is 5.56 Å². The van der Waals surface area contributed by atoms with Gasteiger partial charge in [0.05, 0.1) is 20.4 Å². The van der Waals surface area contributed by atoms with Gasteiger partial charge < -0.3 is 25.2 Å². The number of aliphatic hydroxyl groups is 1. The standard InChI is InChI=1S/C17H24N4O4/c1-21-11-12(9-20-21)6-7-18-17(23)19-10-15(22)14-8-13(24-2)4-5-16(14)25-3/h4-5,8-9,11,15,22H,6-7,10H2,1-3H3,(H2,18,19,23)/t15-/m1/s1. The first kappa shape index (κ1) is 18.6. The predicted molar refractivity (Wildman–Crippen MR) is 92.8 cm³/mol. The van der Waals surface area contributed by atoms with Gasteiger partial charge in [-0.1, -0.05) is 0 Å². The number of hydrogen-bond acceptors (Lipinski definition) is 5. The molecule has 0 fully saturated rings. The monoisotopic (exact) mass is 348 g/mol. The number of methoxy groups -OCH3 is 2. The summed E-state index contributed by atoms with van der Waals surface area (Å²) in [5.41, 5.74) is 1.60. The molecule has 1 heterocycles. The summed E-state index contributed by atoms with van der Waals surface area (Å²) in [6, 6.07) is 4.80. The minimum atomic E-state index is -0.908. The molecule has 8 heteroatoms. The van der Waals surface area contributed by atoms with Crippen LogP contribution in [0.3, 0.4) is 0 Å². The van der Waals surface area contributed by atoms with Crippen molar-refractivity contribution in [2.75, 3.05) is 27.3 Å². The molecule has 1 aromatic heterocycles. The average molecular weight is 348 g/mol. The van der Waals surface area contributed by atoms with Crippen molar-refractivity contribution in [2.45, 2.75) is 12.5 Å². The number of carbonyl (C=O) groups excluding carboxylic acids is 1. The lowest BCUT2D eigenvalue weighted by molar-refractivity contribution is 0.169. The van der Waals surface area contributed by atoms with Gasteiger partial charge >= 0.3 is 6.03 Å². The van der Waals surface area contributed by atoms with Crippen molar-refractivity contribution in [1.29, 1.82) is 0 Å². The molecule has 0 aliphatic rings. The van der Waals surface area contributed by atoms with Crippen LogP contribution >= 0.6 is 0 Å². The summed E-state index contributed by atoms with van der Waals surface area (Å²) in [4.78, 5) is 11.8. The maximum Gasteiger partial charge on any atom is 0.314 e. The summed E-state index contributed by atoms with van der Waals surface area (Å²) >= 11 is 0. The number of aliphatic hydroxyl groups excluding tert-OH is 1. The van der Waals surface area contributed by atoms with Gasteiger partial charge in [-0.3, -0.25) is 4.68 Å². The third kappa shape index (κ3) is 5.39. The van der Waals surface area contributed by atoms with Crippen molar-refractivity contribution in [3.63, 3.8) is 0 Å². The number of aromatic nitrogens is 2. The van der Waals surface area contributed by atoms with E-state index in [1.165, 1.54) is 7.11 Å². The molecule has 0 saturated heterocycles. The maximum absolute atomic E-state index is 11.8. The normalized spacial score (nSPS) is 11.7. The number of aryl methyl sites for hydroxylation is 1. The van der Waals surface area contributed by atoms with E-state index in [2.05, 4.69) is 15.7 Å². The van der Waals surface area contributed by atoms with E-state index in [1.54, 1.807) is 36.2 Å². The number of nitrogens with one attached hydrogen (secondary N) is 2. The second kappa shape index (κ2) is 8.93. The van der Waals surface area contributed by atoms with Crippen LogP contribution in [-0.2, 0) is 13.5 Å². The number of ether oxygens (including phenoxy) is 2. The SMILES string of the molecule is COc1ccc(OC)c([C@H](O)CNC(=O)NCCc2cnn(C)c2)c1. The number of carbonyl (C=O) groups is 1. The average Bonchev–Trinajstić information content (AvgIpc) is 3.04. The Morgan fingerprint density at radius 2 is 2.12 bits per heavy atom. The molecule has 0 unspecified atom stereocenters. The zero-order valence-electron chi connectivity index (χ0n) is 14.7. The number of benzene rings is 1. The molecule has 25 heavy (non-hydrogen) atoms. The Morgan fingerprint density at radius 1 is 1.32 bits per heavy atom. The molecule has 2 rings (SSSR count). The first-order chi connectivity index (χ1) is 12.0. The molecule has 136 valence electrons. The molecule has 2 aromatic rings. The van der Waals surface area contributed by atoms with Gasteiger partial charge in [0.15, 0.2) is 0 Å². The first-order valence-electron chi connectivity index (χ1n) is 7.92. The van der Waals surface area contributed by atoms with Crippen molar-refractivity contribution in [2.24, 2.45) is 7.05 Å². The summed E-state index contributed by atoms with van der Waals surface area (Å²) in [6.07, 6.45) is 3.44. The highest BCUT2D eigenvalue weighted by Crippen LogP contribution is 2.28. The summed E-state index contributed by atoms with van der Waals surface area (Å²) in [5, 5.41) is 19.8. The second-order valence-electron chi connectivity index (χ2n) is 5.53. The fourth-order valence-corrected chi connectivity index (χ4v) is 2.38. The van der Waals surface area contributed by atoms with E-state index in [9.17, 15) is 9.90 Å². The Bertz CT molecular complexity index is 702. The molecule has 1 aromatic carbocycles. The van der Waals surface area contributed by atoms with Gasteiger partial charge in [-0.15, -0.1) is 0 Å². The van der Waals surface area contributed by atoms with Crippen LogP contribution in [0.1, 0.15) is 17.2 Å². The van der Waals surface area contributed by atoms with Crippen LogP contribution in [-0.4, -0.2) is 48.2 Å². The molecule has 0 saturated carbocycles. The van der Waals surface area contributed by atoms with Crippen LogP contribution in [0.2, 0.25) is 0 Å². The van der Waals surface area contributed by atoms with E-state index >= 15 is 0 Å². The number of nitrogens with zero attached hydrogens (tertiary/aromatic N) is 2. The van der Waals surface area contributed by atoms with Gasteiger partial charge in [0.25, 0.3) is 0 Å². The predicted octanol–water partition coefficient (Wildman–Crippen LogP) is 1.01. The van der Waals surface area contributed by atoms with Crippen molar-refractivity contribution >= 4 is 6.03 Å². The number of amides is 2. The van der Waals surface area contributed by atoms with Gasteiger partial charge in [0.1, 0.15) is 17.6 Å². The van der Waals surface area contributed by atoms with Crippen LogP contribution in [0.5, 0.6) is 11.5 Å². The van der Waals surface area contributed by atoms with E-state index in [0.29, 0.717) is 30.0 Å². The summed E-state index contributed by atoms with van der Waals surface area (Å²) in [5.74, 6) is 1.14. The van der Waals surface area contributed by atoms with E-state index in [1.807, 2.05) is 13.2 Å². The molecule has 2 amide bonds. The number of rotatable bonds is 8. The minimum Gasteiger partial charge on any atom is -0.497 e. The Hall–Kier alpha value is -2.74. The Balaban J connectivity index is 1.80. The van der Waals surface area contributed by atoms with Crippen molar-refractivity contribution in [3.05, 3.63) is 41.7 Å². The molecule has 3 N–H and O–H groups in total.